The zero-order chi connectivity index (χ0) is 19.1. The van der Waals surface area contributed by atoms with E-state index in [0.717, 1.165) is 13.1 Å². The Kier molecular flexibility index (Phi) is 4.37. The lowest BCUT2D eigenvalue weighted by atomic mass is 10.2. The van der Waals surface area contributed by atoms with E-state index in [-0.39, 0.29) is 30.7 Å². The van der Waals surface area contributed by atoms with Crippen molar-refractivity contribution in [3.8, 4) is 0 Å². The number of hydrogen-bond donors (Lipinski definition) is 2. The second-order valence-electron chi connectivity index (χ2n) is 7.26. The summed E-state index contributed by atoms with van der Waals surface area (Å²) in [6.45, 7) is 3.33. The van der Waals surface area contributed by atoms with Gasteiger partial charge in [-0.3, -0.25) is 9.69 Å². The molecule has 0 radical (unpaired) electrons. The lowest BCUT2D eigenvalue weighted by Crippen LogP contribution is -2.33. The van der Waals surface area contributed by atoms with Gasteiger partial charge in [0, 0.05) is 32.1 Å². The zero-order valence-corrected chi connectivity index (χ0v) is 14.8. The van der Waals surface area contributed by atoms with Crippen molar-refractivity contribution in [3.63, 3.8) is 0 Å². The quantitative estimate of drug-likeness (QED) is 0.461. The van der Waals surface area contributed by atoms with Gasteiger partial charge in [-0.1, -0.05) is 0 Å². The first kappa shape index (κ1) is 17.6. The van der Waals surface area contributed by atoms with Gasteiger partial charge < -0.3 is 20.2 Å². The van der Waals surface area contributed by atoms with E-state index in [9.17, 15) is 14.0 Å². The molecule has 8 nitrogen and oxygen atoms in total. The van der Waals surface area contributed by atoms with Crippen LogP contribution in [-0.4, -0.2) is 55.7 Å². The lowest BCUT2D eigenvalue weighted by molar-refractivity contribution is -0.119. The van der Waals surface area contributed by atoms with E-state index < -0.39 is 12.2 Å². The van der Waals surface area contributed by atoms with Gasteiger partial charge in [-0.15, -0.1) is 5.16 Å². The third-order valence-electron chi connectivity index (χ3n) is 5.54. The average molecular weight is 376 g/mol. The molecule has 2 unspecified atom stereocenters. The van der Waals surface area contributed by atoms with E-state index in [2.05, 4.69) is 10.5 Å². The molecule has 1 aromatic carbocycles. The fourth-order valence-corrected chi connectivity index (χ4v) is 4.08. The van der Waals surface area contributed by atoms with Crippen molar-refractivity contribution in [2.24, 2.45) is 22.9 Å². The first-order valence-electron chi connectivity index (χ1n) is 8.92. The number of anilines is 2. The summed E-state index contributed by atoms with van der Waals surface area (Å²) in [6.07, 6.45) is 0.550. The number of fused-ring (bicyclic) bond motifs is 1. The Bertz CT molecular complexity index is 790. The lowest BCUT2D eigenvalue weighted by Gasteiger charge is -2.23. The smallest absolute Gasteiger partial charge is 0.414 e. The van der Waals surface area contributed by atoms with Gasteiger partial charge in [0.25, 0.3) is 0 Å². The second-order valence-corrected chi connectivity index (χ2v) is 7.26. The van der Waals surface area contributed by atoms with Gasteiger partial charge in [-0.2, -0.15) is 0 Å². The Balaban J connectivity index is 1.41. The number of nitrogens with zero attached hydrogens (tertiary/aromatic N) is 3. The molecule has 1 saturated carbocycles. The highest BCUT2D eigenvalue weighted by Crippen LogP contribution is 2.51. The van der Waals surface area contributed by atoms with Crippen LogP contribution in [0.2, 0.25) is 0 Å². The van der Waals surface area contributed by atoms with Crippen LogP contribution in [0.25, 0.3) is 0 Å². The fraction of sp³-hybridized carbons (Fsp3) is 0.500. The fourth-order valence-electron chi connectivity index (χ4n) is 4.08. The summed E-state index contributed by atoms with van der Waals surface area (Å²) in [4.78, 5) is 26.4. The summed E-state index contributed by atoms with van der Waals surface area (Å²) in [7, 11) is 0. The van der Waals surface area contributed by atoms with E-state index in [4.69, 9.17) is 9.94 Å². The van der Waals surface area contributed by atoms with Crippen LogP contribution in [0, 0.1) is 23.6 Å². The molecule has 144 valence electrons. The summed E-state index contributed by atoms with van der Waals surface area (Å²) in [5.74, 6) is 0.509. The summed E-state index contributed by atoms with van der Waals surface area (Å²) in [5.41, 5.74) is 0.939. The van der Waals surface area contributed by atoms with E-state index in [1.54, 1.807) is 18.3 Å². The molecule has 2 aliphatic heterocycles. The van der Waals surface area contributed by atoms with Crippen LogP contribution in [0.15, 0.2) is 23.4 Å². The normalized spacial score (nSPS) is 29.2. The standard InChI is InChI=1S/C18H21FN4O4/c1-10(24)20-5-12-7-23(18(25)27-12)11-2-3-17(16(19)4-11)22-8-14-13(6-21-26)15(14)9-22/h2-4,6,12-15,26H,5,7-9H2,1H3,(H,20,24)/b21-6+/t12-,13?,14?,15?/m0/s1. The zero-order valence-electron chi connectivity index (χ0n) is 14.8. The number of rotatable bonds is 5. The Hall–Kier alpha value is -2.84. The molecule has 0 spiro atoms. The molecule has 2 heterocycles. The number of hydrogen-bond acceptors (Lipinski definition) is 6. The van der Waals surface area contributed by atoms with Crippen molar-refractivity contribution in [3.05, 3.63) is 24.0 Å². The van der Waals surface area contributed by atoms with Crippen molar-refractivity contribution in [2.45, 2.75) is 13.0 Å². The highest BCUT2D eigenvalue weighted by atomic mass is 19.1. The van der Waals surface area contributed by atoms with E-state index in [0.29, 0.717) is 23.2 Å². The second kappa shape index (κ2) is 6.71. The third kappa shape index (κ3) is 3.29. The molecule has 4 rings (SSSR count). The maximum atomic E-state index is 14.7. The SMILES string of the molecule is CC(=O)NC[C@H]1CN(c2ccc(N3CC4C(/C=N/O)C4C3)c(F)c2)C(=O)O1. The highest BCUT2D eigenvalue weighted by Gasteiger charge is 2.55. The maximum Gasteiger partial charge on any atom is 0.414 e. The minimum Gasteiger partial charge on any atom is -0.442 e. The monoisotopic (exact) mass is 376 g/mol. The molecule has 27 heavy (non-hydrogen) atoms. The van der Waals surface area contributed by atoms with Crippen LogP contribution >= 0.6 is 0 Å². The molecule has 0 aromatic heterocycles. The maximum absolute atomic E-state index is 14.7. The Morgan fingerprint density at radius 2 is 2.15 bits per heavy atom. The molecule has 2 saturated heterocycles. The minimum atomic E-state index is -0.550. The van der Waals surface area contributed by atoms with Gasteiger partial charge in [-0.05, 0) is 30.0 Å². The number of halogens is 1. The summed E-state index contributed by atoms with van der Waals surface area (Å²) in [5, 5.41) is 14.3. The van der Waals surface area contributed by atoms with Crippen LogP contribution in [0.5, 0.6) is 0 Å². The molecule has 2 amide bonds. The number of piperidine rings is 1. The molecule has 3 atom stereocenters. The van der Waals surface area contributed by atoms with Crippen molar-refractivity contribution >= 4 is 29.6 Å². The number of ether oxygens (including phenoxy) is 1. The van der Waals surface area contributed by atoms with E-state index >= 15 is 0 Å². The van der Waals surface area contributed by atoms with Crippen LogP contribution in [0.4, 0.5) is 20.6 Å². The van der Waals surface area contributed by atoms with Gasteiger partial charge in [0.05, 0.1) is 24.5 Å². The number of carbonyl (C=O) groups excluding carboxylic acids is 2. The topological polar surface area (TPSA) is 94.5 Å². The minimum absolute atomic E-state index is 0.198. The van der Waals surface area contributed by atoms with Crippen LogP contribution < -0.4 is 15.1 Å². The van der Waals surface area contributed by atoms with Crippen LogP contribution in [0.1, 0.15) is 6.92 Å². The van der Waals surface area contributed by atoms with Gasteiger partial charge in [0.2, 0.25) is 5.91 Å². The van der Waals surface area contributed by atoms with Crippen molar-refractivity contribution in [1.82, 2.24) is 5.32 Å². The van der Waals surface area contributed by atoms with Crippen molar-refractivity contribution < 1.29 is 23.9 Å². The molecule has 3 aliphatic rings. The number of amides is 2. The molecular weight excluding hydrogens is 355 g/mol. The predicted molar refractivity (Wildman–Crippen MR) is 95.7 cm³/mol. The summed E-state index contributed by atoms with van der Waals surface area (Å²) in [6, 6.07) is 4.73. The number of benzene rings is 1. The molecular formula is C18H21FN4O4. The molecule has 1 aliphatic carbocycles. The van der Waals surface area contributed by atoms with Gasteiger partial charge in [0.1, 0.15) is 11.9 Å². The first-order chi connectivity index (χ1) is 13.0. The largest absolute Gasteiger partial charge is 0.442 e. The Labute approximate surface area is 155 Å². The average Bonchev–Trinajstić information content (AvgIpc) is 2.98. The summed E-state index contributed by atoms with van der Waals surface area (Å²) >= 11 is 0. The third-order valence-corrected chi connectivity index (χ3v) is 5.54. The van der Waals surface area contributed by atoms with Gasteiger partial charge in [-0.25, -0.2) is 9.18 Å². The predicted octanol–water partition coefficient (Wildman–Crippen LogP) is 1.43. The first-order valence-corrected chi connectivity index (χ1v) is 8.92. The highest BCUT2D eigenvalue weighted by molar-refractivity contribution is 5.90. The number of cyclic esters (lactones) is 1. The van der Waals surface area contributed by atoms with Gasteiger partial charge >= 0.3 is 6.09 Å². The number of nitrogens with one attached hydrogen (secondary N) is 1. The van der Waals surface area contributed by atoms with Gasteiger partial charge in [0.15, 0.2) is 0 Å². The molecule has 0 bridgehead atoms. The van der Waals surface area contributed by atoms with Crippen LogP contribution in [0.3, 0.4) is 0 Å². The van der Waals surface area contributed by atoms with Crippen molar-refractivity contribution in [2.75, 3.05) is 36.0 Å². The summed E-state index contributed by atoms with van der Waals surface area (Å²) < 4.78 is 19.9. The molecule has 3 fully saturated rings. The Morgan fingerprint density at radius 3 is 2.78 bits per heavy atom. The van der Waals surface area contributed by atoms with Crippen molar-refractivity contribution in [1.29, 1.82) is 0 Å². The number of oxime groups is 1. The van der Waals surface area contributed by atoms with E-state index in [1.807, 2.05) is 4.90 Å². The molecule has 2 N–H and O–H groups in total. The van der Waals surface area contributed by atoms with Crippen LogP contribution in [-0.2, 0) is 9.53 Å². The number of carbonyl (C=O) groups is 2. The Morgan fingerprint density at radius 1 is 1.41 bits per heavy atom. The molecule has 1 aromatic rings. The molecule has 9 heteroatoms. The van der Waals surface area contributed by atoms with E-state index in [1.165, 1.54) is 17.9 Å².